The number of aryl methyl sites for hydroxylation is 3. The summed E-state index contributed by atoms with van der Waals surface area (Å²) in [5.74, 6) is -1.07. The molecule has 7 heteroatoms. The lowest BCUT2D eigenvalue weighted by molar-refractivity contribution is 0.0689. The number of carbonyl (C=O) groups excluding carboxylic acids is 1. The van der Waals surface area contributed by atoms with E-state index in [1.165, 1.54) is 6.07 Å². The lowest BCUT2D eigenvalue weighted by Crippen LogP contribution is -2.31. The Balaban J connectivity index is 1.66. The van der Waals surface area contributed by atoms with E-state index in [4.69, 9.17) is 9.84 Å². The molecule has 0 unspecified atom stereocenters. The van der Waals surface area contributed by atoms with E-state index in [0.717, 1.165) is 16.7 Å². The van der Waals surface area contributed by atoms with Crippen LogP contribution in [0.25, 0.3) is 0 Å². The number of carbonyl (C=O) groups is 2. The number of fused-ring (bicyclic) bond motifs is 1. The Morgan fingerprint density at radius 1 is 1.16 bits per heavy atom. The number of hydrogen-bond donors (Lipinski definition) is 1. The molecule has 1 aromatic heterocycles. The van der Waals surface area contributed by atoms with Crippen molar-refractivity contribution in [1.82, 2.24) is 14.7 Å². The van der Waals surface area contributed by atoms with Gasteiger partial charge in [0.2, 0.25) is 0 Å². The zero-order valence-corrected chi connectivity index (χ0v) is 14.4. The van der Waals surface area contributed by atoms with E-state index >= 15 is 0 Å². The van der Waals surface area contributed by atoms with Crippen molar-refractivity contribution < 1.29 is 19.4 Å². The van der Waals surface area contributed by atoms with Crippen LogP contribution >= 0.6 is 0 Å². The molecule has 0 spiro atoms. The summed E-state index contributed by atoms with van der Waals surface area (Å²) in [6.45, 7) is 5.67. The monoisotopic (exact) mass is 343 g/mol. The van der Waals surface area contributed by atoms with Gasteiger partial charge < -0.3 is 14.7 Å². The van der Waals surface area contributed by atoms with Crippen LogP contribution in [-0.4, -0.2) is 38.4 Å². The van der Waals surface area contributed by atoms with Gasteiger partial charge in [0.25, 0.3) is 0 Å². The fourth-order valence-electron chi connectivity index (χ4n) is 3.11. The van der Waals surface area contributed by atoms with Crippen LogP contribution < -0.4 is 0 Å². The molecule has 1 aromatic carbocycles. The first kappa shape index (κ1) is 17.0. The number of aromatic nitrogens is 2. The van der Waals surface area contributed by atoms with Gasteiger partial charge in [0, 0.05) is 13.1 Å². The Hall–Kier alpha value is -2.83. The number of hydrogen-bond acceptors (Lipinski definition) is 4. The van der Waals surface area contributed by atoms with Gasteiger partial charge in [-0.05, 0) is 31.9 Å². The largest absolute Gasteiger partial charge is 0.476 e. The number of carboxylic acid groups (broad SMARTS) is 1. The van der Waals surface area contributed by atoms with Gasteiger partial charge in [-0.2, -0.15) is 5.10 Å². The minimum Gasteiger partial charge on any atom is -0.476 e. The average molecular weight is 343 g/mol. The number of ether oxygens (including phenoxy) is 1. The summed E-state index contributed by atoms with van der Waals surface area (Å²) in [6.07, 6.45) is 0.303. The fraction of sp³-hybridized carbons (Fsp3) is 0.389. The van der Waals surface area contributed by atoms with Crippen molar-refractivity contribution in [2.45, 2.75) is 40.0 Å². The van der Waals surface area contributed by atoms with Gasteiger partial charge >= 0.3 is 12.1 Å². The number of carboxylic acids is 1. The molecule has 1 aliphatic heterocycles. The van der Waals surface area contributed by atoms with Crippen LogP contribution in [0, 0.1) is 13.8 Å². The minimum atomic E-state index is -1.07. The third-order valence-electron chi connectivity index (χ3n) is 4.14. The highest BCUT2D eigenvalue weighted by molar-refractivity contribution is 5.85. The molecule has 3 rings (SSSR count). The summed E-state index contributed by atoms with van der Waals surface area (Å²) in [7, 11) is 0. The summed E-state index contributed by atoms with van der Waals surface area (Å²) in [4.78, 5) is 25.0. The molecule has 25 heavy (non-hydrogen) atoms. The molecule has 1 aliphatic rings. The second kappa shape index (κ2) is 6.96. The first-order chi connectivity index (χ1) is 11.9. The van der Waals surface area contributed by atoms with Crippen LogP contribution in [0.5, 0.6) is 0 Å². The normalized spacial score (nSPS) is 13.9. The fourth-order valence-corrected chi connectivity index (χ4v) is 3.11. The van der Waals surface area contributed by atoms with E-state index in [1.807, 2.05) is 26.0 Å². The number of aromatic carboxylic acids is 1. The maximum atomic E-state index is 12.4. The molecule has 0 radical (unpaired) electrons. The highest BCUT2D eigenvalue weighted by Gasteiger charge is 2.23. The molecule has 0 saturated heterocycles. The number of benzene rings is 1. The topological polar surface area (TPSA) is 84.7 Å². The molecule has 1 amide bonds. The van der Waals surface area contributed by atoms with Crippen molar-refractivity contribution >= 4 is 12.1 Å². The Labute approximate surface area is 145 Å². The first-order valence-corrected chi connectivity index (χ1v) is 8.21. The molecule has 0 aliphatic carbocycles. The average Bonchev–Trinajstić information content (AvgIpc) is 2.84. The molecule has 0 fully saturated rings. The van der Waals surface area contributed by atoms with E-state index in [9.17, 15) is 9.59 Å². The third kappa shape index (κ3) is 3.99. The Kier molecular flexibility index (Phi) is 4.74. The SMILES string of the molecule is Cc1cc(C)cc(COC(=O)N2CCCn3nc(C(=O)O)cc3C2)c1. The van der Waals surface area contributed by atoms with Gasteiger partial charge in [0.1, 0.15) is 6.61 Å². The summed E-state index contributed by atoms with van der Waals surface area (Å²) >= 11 is 0. The van der Waals surface area contributed by atoms with Crippen molar-refractivity contribution in [3.8, 4) is 0 Å². The molecular formula is C18H21N3O4. The molecular weight excluding hydrogens is 322 g/mol. The lowest BCUT2D eigenvalue weighted by atomic mass is 10.1. The van der Waals surface area contributed by atoms with Gasteiger partial charge in [-0.15, -0.1) is 0 Å². The molecule has 2 aromatic rings. The van der Waals surface area contributed by atoms with E-state index in [-0.39, 0.29) is 12.3 Å². The summed E-state index contributed by atoms with van der Waals surface area (Å²) in [6, 6.07) is 7.58. The minimum absolute atomic E-state index is 0.000420. The zero-order chi connectivity index (χ0) is 18.0. The first-order valence-electron chi connectivity index (χ1n) is 8.21. The Bertz CT molecular complexity index is 792. The van der Waals surface area contributed by atoms with Gasteiger partial charge in [-0.25, -0.2) is 9.59 Å². The second-order valence-electron chi connectivity index (χ2n) is 6.37. The third-order valence-corrected chi connectivity index (χ3v) is 4.14. The Morgan fingerprint density at radius 2 is 1.88 bits per heavy atom. The van der Waals surface area contributed by atoms with Crippen molar-refractivity contribution in [2.24, 2.45) is 0 Å². The maximum absolute atomic E-state index is 12.4. The summed E-state index contributed by atoms with van der Waals surface area (Å²) in [5, 5.41) is 13.1. The zero-order valence-electron chi connectivity index (χ0n) is 14.4. The molecule has 132 valence electrons. The maximum Gasteiger partial charge on any atom is 0.410 e. The molecule has 1 N–H and O–H groups in total. The predicted octanol–water partition coefficient (Wildman–Crippen LogP) is 2.74. The molecule has 7 nitrogen and oxygen atoms in total. The van der Waals surface area contributed by atoms with E-state index in [2.05, 4.69) is 11.2 Å². The van der Waals surface area contributed by atoms with Crippen LogP contribution in [0.15, 0.2) is 24.3 Å². The summed E-state index contributed by atoms with van der Waals surface area (Å²) < 4.78 is 7.10. The molecule has 0 bridgehead atoms. The number of amides is 1. The smallest absolute Gasteiger partial charge is 0.410 e. The van der Waals surface area contributed by atoms with Gasteiger partial charge in [0.15, 0.2) is 5.69 Å². The molecule has 2 heterocycles. The Morgan fingerprint density at radius 3 is 2.56 bits per heavy atom. The van der Waals surface area contributed by atoms with Crippen molar-refractivity contribution in [3.63, 3.8) is 0 Å². The second-order valence-corrected chi connectivity index (χ2v) is 6.37. The van der Waals surface area contributed by atoms with E-state index in [0.29, 0.717) is 31.7 Å². The predicted molar refractivity (Wildman–Crippen MR) is 90.3 cm³/mol. The quantitative estimate of drug-likeness (QED) is 0.926. The van der Waals surface area contributed by atoms with Crippen LogP contribution in [0.1, 0.15) is 39.3 Å². The van der Waals surface area contributed by atoms with Crippen LogP contribution in [0.2, 0.25) is 0 Å². The molecule has 0 atom stereocenters. The van der Waals surface area contributed by atoms with Crippen LogP contribution in [0.4, 0.5) is 4.79 Å². The standard InChI is InChI=1S/C18H21N3O4/c1-12-6-13(2)8-14(7-12)11-25-18(24)20-4-3-5-21-15(10-20)9-16(19-21)17(22)23/h6-9H,3-5,10-11H2,1-2H3,(H,22,23). The van der Waals surface area contributed by atoms with E-state index in [1.54, 1.807) is 9.58 Å². The summed E-state index contributed by atoms with van der Waals surface area (Å²) in [5.41, 5.74) is 3.93. The van der Waals surface area contributed by atoms with Crippen LogP contribution in [-0.2, 0) is 24.4 Å². The van der Waals surface area contributed by atoms with Gasteiger partial charge in [-0.3, -0.25) is 4.68 Å². The van der Waals surface area contributed by atoms with Gasteiger partial charge in [-0.1, -0.05) is 29.3 Å². The molecule has 0 saturated carbocycles. The lowest BCUT2D eigenvalue weighted by Gasteiger charge is -2.19. The van der Waals surface area contributed by atoms with Crippen molar-refractivity contribution in [1.29, 1.82) is 0 Å². The van der Waals surface area contributed by atoms with Crippen molar-refractivity contribution in [2.75, 3.05) is 6.54 Å². The highest BCUT2D eigenvalue weighted by atomic mass is 16.6. The number of nitrogens with zero attached hydrogens (tertiary/aromatic N) is 3. The van der Waals surface area contributed by atoms with Gasteiger partial charge in [0.05, 0.1) is 12.2 Å². The highest BCUT2D eigenvalue weighted by Crippen LogP contribution is 2.16. The van der Waals surface area contributed by atoms with E-state index < -0.39 is 12.1 Å². The van der Waals surface area contributed by atoms with Crippen molar-refractivity contribution in [3.05, 3.63) is 52.3 Å². The van der Waals surface area contributed by atoms with Crippen LogP contribution in [0.3, 0.4) is 0 Å². The number of rotatable bonds is 3.